The van der Waals surface area contributed by atoms with Gasteiger partial charge in [-0.15, -0.1) is 0 Å². The third-order valence-electron chi connectivity index (χ3n) is 3.47. The lowest BCUT2D eigenvalue weighted by Crippen LogP contribution is -2.42. The van der Waals surface area contributed by atoms with Crippen LogP contribution in [0.3, 0.4) is 0 Å². The average molecular weight is 220 g/mol. The van der Waals surface area contributed by atoms with Crippen molar-refractivity contribution in [3.63, 3.8) is 0 Å². The van der Waals surface area contributed by atoms with E-state index in [1.807, 2.05) is 19.2 Å². The molecule has 1 fully saturated rings. The van der Waals surface area contributed by atoms with Gasteiger partial charge in [0.25, 0.3) is 0 Å². The molecule has 0 saturated heterocycles. The molecule has 88 valence electrons. The van der Waals surface area contributed by atoms with Gasteiger partial charge in [0, 0.05) is 17.6 Å². The minimum absolute atomic E-state index is 0.357. The molecule has 0 aliphatic heterocycles. The Morgan fingerprint density at radius 1 is 1.38 bits per heavy atom. The third-order valence-corrected chi connectivity index (χ3v) is 3.47. The molecule has 0 radical (unpaired) electrons. The molecule has 1 aliphatic carbocycles. The maximum atomic E-state index is 5.85. The molecule has 1 aromatic carbocycles. The third kappa shape index (κ3) is 2.06. The highest BCUT2D eigenvalue weighted by molar-refractivity contribution is 5.36. The molecule has 1 unspecified atom stereocenters. The van der Waals surface area contributed by atoms with Crippen molar-refractivity contribution in [1.82, 2.24) is 5.32 Å². The summed E-state index contributed by atoms with van der Waals surface area (Å²) in [6.45, 7) is 0. The van der Waals surface area contributed by atoms with Gasteiger partial charge in [0.05, 0.1) is 7.11 Å². The molecule has 2 rings (SSSR count). The molecule has 3 nitrogen and oxygen atoms in total. The Morgan fingerprint density at radius 3 is 2.62 bits per heavy atom. The number of hydrogen-bond donors (Lipinski definition) is 2. The van der Waals surface area contributed by atoms with Gasteiger partial charge in [-0.3, -0.25) is 0 Å². The van der Waals surface area contributed by atoms with E-state index in [-0.39, 0.29) is 0 Å². The molecule has 3 N–H and O–H groups in total. The van der Waals surface area contributed by atoms with Crippen LogP contribution >= 0.6 is 0 Å². The van der Waals surface area contributed by atoms with Crippen LogP contribution in [0.1, 0.15) is 24.4 Å². The first-order valence-corrected chi connectivity index (χ1v) is 5.82. The Bertz CT molecular complexity index is 348. The fourth-order valence-electron chi connectivity index (χ4n) is 2.55. The van der Waals surface area contributed by atoms with Crippen molar-refractivity contribution in [3.8, 4) is 5.75 Å². The summed E-state index contributed by atoms with van der Waals surface area (Å²) in [6.07, 6.45) is 2.20. The second-order valence-corrected chi connectivity index (χ2v) is 4.50. The van der Waals surface area contributed by atoms with Gasteiger partial charge >= 0.3 is 0 Å². The van der Waals surface area contributed by atoms with Crippen molar-refractivity contribution in [3.05, 3.63) is 29.8 Å². The molecule has 0 bridgehead atoms. The van der Waals surface area contributed by atoms with Crippen LogP contribution in [0.25, 0.3) is 0 Å². The van der Waals surface area contributed by atoms with Crippen molar-refractivity contribution < 1.29 is 4.74 Å². The van der Waals surface area contributed by atoms with Crippen LogP contribution in [0.4, 0.5) is 0 Å². The summed E-state index contributed by atoms with van der Waals surface area (Å²) in [5.41, 5.74) is 7.09. The lowest BCUT2D eigenvalue weighted by Gasteiger charge is -2.39. The van der Waals surface area contributed by atoms with Crippen LogP contribution in [-0.2, 0) is 0 Å². The molecule has 0 heterocycles. The van der Waals surface area contributed by atoms with E-state index in [0.717, 1.165) is 18.6 Å². The maximum absolute atomic E-state index is 5.85. The molecule has 1 atom stereocenters. The molecular weight excluding hydrogens is 200 g/mol. The van der Waals surface area contributed by atoms with Crippen LogP contribution < -0.4 is 15.8 Å². The highest BCUT2D eigenvalue weighted by Crippen LogP contribution is 2.39. The number of nitrogens with one attached hydrogen (secondary N) is 1. The Hall–Kier alpha value is -1.06. The number of para-hydroxylation sites is 1. The van der Waals surface area contributed by atoms with Gasteiger partial charge in [-0.2, -0.15) is 0 Å². The van der Waals surface area contributed by atoms with E-state index >= 15 is 0 Å². The van der Waals surface area contributed by atoms with E-state index < -0.39 is 0 Å². The SMILES string of the molecule is CNC(c1ccccc1OC)C1CC(N)C1. The summed E-state index contributed by atoms with van der Waals surface area (Å²) in [5, 5.41) is 3.38. The van der Waals surface area contributed by atoms with Crippen LogP contribution in [0.15, 0.2) is 24.3 Å². The van der Waals surface area contributed by atoms with Gasteiger partial charge in [0.15, 0.2) is 0 Å². The summed E-state index contributed by atoms with van der Waals surface area (Å²) in [7, 11) is 3.72. The van der Waals surface area contributed by atoms with E-state index in [1.165, 1.54) is 5.56 Å². The van der Waals surface area contributed by atoms with Crippen LogP contribution in [0.5, 0.6) is 5.75 Å². The molecule has 3 heteroatoms. The highest BCUT2D eigenvalue weighted by Gasteiger charge is 2.34. The van der Waals surface area contributed by atoms with Gasteiger partial charge < -0.3 is 15.8 Å². The van der Waals surface area contributed by atoms with Crippen molar-refractivity contribution in [2.75, 3.05) is 14.2 Å². The number of ether oxygens (including phenoxy) is 1. The molecule has 16 heavy (non-hydrogen) atoms. The van der Waals surface area contributed by atoms with E-state index in [9.17, 15) is 0 Å². The highest BCUT2D eigenvalue weighted by atomic mass is 16.5. The number of benzene rings is 1. The molecule has 1 aliphatic rings. The molecular formula is C13H20N2O. The predicted octanol–water partition coefficient (Wildman–Crippen LogP) is 1.69. The van der Waals surface area contributed by atoms with Gasteiger partial charge in [0.2, 0.25) is 0 Å². The zero-order valence-electron chi connectivity index (χ0n) is 9.94. The van der Waals surface area contributed by atoms with Gasteiger partial charge in [-0.05, 0) is 31.9 Å². The Labute approximate surface area is 97.0 Å². The average Bonchev–Trinajstić information content (AvgIpc) is 2.28. The summed E-state index contributed by atoms with van der Waals surface area (Å²) in [5.74, 6) is 1.60. The van der Waals surface area contributed by atoms with Crippen LogP contribution in [0, 0.1) is 5.92 Å². The molecule has 1 saturated carbocycles. The Morgan fingerprint density at radius 2 is 2.06 bits per heavy atom. The number of methoxy groups -OCH3 is 1. The van der Waals surface area contributed by atoms with Gasteiger partial charge in [-0.1, -0.05) is 18.2 Å². The maximum Gasteiger partial charge on any atom is 0.123 e. The number of hydrogen-bond acceptors (Lipinski definition) is 3. The number of rotatable bonds is 4. The van der Waals surface area contributed by atoms with Gasteiger partial charge in [0.1, 0.15) is 5.75 Å². The Kier molecular flexibility index (Phi) is 3.46. The summed E-state index contributed by atoms with van der Waals surface area (Å²) in [6, 6.07) is 8.94. The fraction of sp³-hybridized carbons (Fsp3) is 0.538. The molecule has 1 aromatic rings. The first-order valence-electron chi connectivity index (χ1n) is 5.82. The number of nitrogens with two attached hydrogens (primary N) is 1. The first-order chi connectivity index (χ1) is 7.76. The largest absolute Gasteiger partial charge is 0.496 e. The van der Waals surface area contributed by atoms with Crippen molar-refractivity contribution >= 4 is 0 Å². The quantitative estimate of drug-likeness (QED) is 0.811. The molecule has 0 aromatic heterocycles. The van der Waals surface area contributed by atoms with Crippen molar-refractivity contribution in [2.24, 2.45) is 11.7 Å². The predicted molar refractivity (Wildman–Crippen MR) is 65.5 cm³/mol. The second-order valence-electron chi connectivity index (χ2n) is 4.50. The minimum atomic E-state index is 0.357. The zero-order valence-corrected chi connectivity index (χ0v) is 9.94. The molecule has 0 spiro atoms. The van der Waals surface area contributed by atoms with Crippen molar-refractivity contribution in [1.29, 1.82) is 0 Å². The fourth-order valence-corrected chi connectivity index (χ4v) is 2.55. The van der Waals surface area contributed by atoms with Gasteiger partial charge in [-0.25, -0.2) is 0 Å². The molecule has 0 amide bonds. The normalized spacial score (nSPS) is 25.9. The van der Waals surface area contributed by atoms with E-state index in [2.05, 4.69) is 17.4 Å². The van der Waals surface area contributed by atoms with E-state index in [0.29, 0.717) is 18.0 Å². The monoisotopic (exact) mass is 220 g/mol. The van der Waals surface area contributed by atoms with E-state index in [4.69, 9.17) is 10.5 Å². The minimum Gasteiger partial charge on any atom is -0.496 e. The lowest BCUT2D eigenvalue weighted by atomic mass is 9.74. The second kappa shape index (κ2) is 4.85. The first kappa shape index (κ1) is 11.4. The Balaban J connectivity index is 2.19. The smallest absolute Gasteiger partial charge is 0.123 e. The standard InChI is InChI=1S/C13H20N2O/c1-15-13(9-7-10(14)8-9)11-5-3-4-6-12(11)16-2/h3-6,9-10,13,15H,7-8,14H2,1-2H3. The van der Waals surface area contributed by atoms with E-state index in [1.54, 1.807) is 7.11 Å². The topological polar surface area (TPSA) is 47.3 Å². The summed E-state index contributed by atoms with van der Waals surface area (Å²) < 4.78 is 5.40. The summed E-state index contributed by atoms with van der Waals surface area (Å²) in [4.78, 5) is 0. The van der Waals surface area contributed by atoms with Crippen molar-refractivity contribution in [2.45, 2.75) is 24.9 Å². The zero-order chi connectivity index (χ0) is 11.5. The lowest BCUT2D eigenvalue weighted by molar-refractivity contribution is 0.201. The van der Waals surface area contributed by atoms with Crippen LogP contribution in [-0.4, -0.2) is 20.2 Å². The summed E-state index contributed by atoms with van der Waals surface area (Å²) >= 11 is 0. The van der Waals surface area contributed by atoms with Crippen LogP contribution in [0.2, 0.25) is 0 Å².